The number of rotatable bonds is 4. The fourth-order valence-electron chi connectivity index (χ4n) is 4.15. The van der Waals surface area contributed by atoms with E-state index < -0.39 is 0 Å². The average molecular weight is 367 g/mol. The van der Waals surface area contributed by atoms with Crippen molar-refractivity contribution >= 4 is 17.2 Å². The largest absolute Gasteiger partial charge is 0.379 e. The molecular formula is C22H26N2OS. The Morgan fingerprint density at radius 3 is 2.27 bits per heavy atom. The minimum atomic E-state index is 0.338. The first-order valence-electron chi connectivity index (χ1n) is 9.51. The van der Waals surface area contributed by atoms with Crippen LogP contribution in [0.2, 0.25) is 0 Å². The molecule has 0 saturated carbocycles. The zero-order valence-electron chi connectivity index (χ0n) is 15.1. The molecule has 2 fully saturated rings. The molecule has 2 aliphatic rings. The van der Waals surface area contributed by atoms with Crippen LogP contribution in [0.3, 0.4) is 0 Å². The van der Waals surface area contributed by atoms with Crippen molar-refractivity contribution in [1.82, 2.24) is 9.80 Å². The molecule has 0 amide bonds. The molecule has 0 aliphatic carbocycles. The molecule has 4 heteroatoms. The summed E-state index contributed by atoms with van der Waals surface area (Å²) < 4.78 is 5.54. The van der Waals surface area contributed by atoms with Gasteiger partial charge in [-0.1, -0.05) is 72.9 Å². The second kappa shape index (κ2) is 8.30. The standard InChI is InChI=1S/C22H26N2OS/c26-22-16-20(23-11-13-25-14-12-23)15-21(19-9-5-2-6-10-19)24(22)17-18-7-3-1-4-8-18/h1-10,20-21H,11-17H2/t20-,21+/m0/s1. The molecule has 0 radical (unpaired) electrons. The van der Waals surface area contributed by atoms with E-state index in [1.165, 1.54) is 11.1 Å². The van der Waals surface area contributed by atoms with Crippen LogP contribution in [0.25, 0.3) is 0 Å². The molecular weight excluding hydrogens is 340 g/mol. The molecule has 136 valence electrons. The zero-order valence-corrected chi connectivity index (χ0v) is 15.9. The Kier molecular flexibility index (Phi) is 5.63. The van der Waals surface area contributed by atoms with E-state index >= 15 is 0 Å². The van der Waals surface area contributed by atoms with Gasteiger partial charge < -0.3 is 9.64 Å². The highest BCUT2D eigenvalue weighted by atomic mass is 32.1. The van der Waals surface area contributed by atoms with Crippen LogP contribution < -0.4 is 0 Å². The summed E-state index contributed by atoms with van der Waals surface area (Å²) in [4.78, 5) is 6.10. The number of thiocarbonyl (C=S) groups is 1. The Morgan fingerprint density at radius 1 is 0.923 bits per heavy atom. The number of ether oxygens (including phenoxy) is 1. The SMILES string of the molecule is S=C1C[C@@H](N2CCOCC2)C[C@H](c2ccccc2)N1Cc1ccccc1. The predicted octanol–water partition coefficient (Wildman–Crippen LogP) is 4.05. The van der Waals surface area contributed by atoms with E-state index in [0.717, 1.165) is 50.7 Å². The molecule has 2 aromatic rings. The van der Waals surface area contributed by atoms with E-state index in [4.69, 9.17) is 17.0 Å². The molecule has 2 aliphatic heterocycles. The quantitative estimate of drug-likeness (QED) is 0.758. The van der Waals surface area contributed by atoms with Gasteiger partial charge in [0, 0.05) is 32.1 Å². The Balaban J connectivity index is 1.59. The molecule has 2 aromatic carbocycles. The summed E-state index contributed by atoms with van der Waals surface area (Å²) in [6, 6.07) is 22.4. The van der Waals surface area contributed by atoms with Crippen LogP contribution in [-0.4, -0.2) is 47.1 Å². The third-order valence-corrected chi connectivity index (χ3v) is 5.95. The third kappa shape index (κ3) is 3.98. The molecule has 3 nitrogen and oxygen atoms in total. The molecule has 4 rings (SSSR count). The second-order valence-corrected chi connectivity index (χ2v) is 7.65. The van der Waals surface area contributed by atoms with Crippen molar-refractivity contribution in [2.75, 3.05) is 26.3 Å². The number of benzene rings is 2. The number of piperidine rings is 1. The highest BCUT2D eigenvalue weighted by molar-refractivity contribution is 7.80. The van der Waals surface area contributed by atoms with Crippen molar-refractivity contribution in [3.05, 3.63) is 71.8 Å². The second-order valence-electron chi connectivity index (χ2n) is 7.18. The average Bonchev–Trinajstić information content (AvgIpc) is 2.71. The number of likely N-dealkylation sites (tertiary alicyclic amines) is 1. The smallest absolute Gasteiger partial charge is 0.0803 e. The summed E-state index contributed by atoms with van der Waals surface area (Å²) in [5.41, 5.74) is 2.68. The molecule has 2 saturated heterocycles. The maximum Gasteiger partial charge on any atom is 0.0803 e. The monoisotopic (exact) mass is 366 g/mol. The van der Waals surface area contributed by atoms with Crippen molar-refractivity contribution in [1.29, 1.82) is 0 Å². The molecule has 0 bridgehead atoms. The van der Waals surface area contributed by atoms with Gasteiger partial charge in [0.15, 0.2) is 0 Å². The van der Waals surface area contributed by atoms with Crippen LogP contribution in [0.4, 0.5) is 0 Å². The van der Waals surface area contributed by atoms with Crippen LogP contribution in [0, 0.1) is 0 Å². The minimum Gasteiger partial charge on any atom is -0.379 e. The first kappa shape index (κ1) is 17.7. The Labute approximate surface area is 161 Å². The summed E-state index contributed by atoms with van der Waals surface area (Å²) in [5, 5.41) is 0. The van der Waals surface area contributed by atoms with Crippen LogP contribution in [-0.2, 0) is 11.3 Å². The van der Waals surface area contributed by atoms with Gasteiger partial charge in [0.05, 0.1) is 24.2 Å². The molecule has 0 spiro atoms. The summed E-state index contributed by atoms with van der Waals surface area (Å²) in [6.45, 7) is 4.61. The predicted molar refractivity (Wildman–Crippen MR) is 109 cm³/mol. The highest BCUT2D eigenvalue weighted by Gasteiger charge is 2.35. The van der Waals surface area contributed by atoms with E-state index in [1.54, 1.807) is 0 Å². The van der Waals surface area contributed by atoms with Crippen LogP contribution in [0.5, 0.6) is 0 Å². The van der Waals surface area contributed by atoms with Crippen molar-refractivity contribution in [3.8, 4) is 0 Å². The van der Waals surface area contributed by atoms with E-state index in [-0.39, 0.29) is 0 Å². The summed E-state index contributed by atoms with van der Waals surface area (Å²) in [6.07, 6.45) is 2.10. The van der Waals surface area contributed by atoms with Gasteiger partial charge in [-0.3, -0.25) is 4.90 Å². The van der Waals surface area contributed by atoms with Crippen molar-refractivity contribution in [2.24, 2.45) is 0 Å². The zero-order chi connectivity index (χ0) is 17.8. The van der Waals surface area contributed by atoms with Gasteiger partial charge in [-0.25, -0.2) is 0 Å². The summed E-state index contributed by atoms with van der Waals surface area (Å²) in [7, 11) is 0. The van der Waals surface area contributed by atoms with Crippen molar-refractivity contribution in [3.63, 3.8) is 0 Å². The minimum absolute atomic E-state index is 0.338. The summed E-state index contributed by atoms with van der Waals surface area (Å²) >= 11 is 5.92. The first-order valence-corrected chi connectivity index (χ1v) is 9.92. The third-order valence-electron chi connectivity index (χ3n) is 5.54. The lowest BCUT2D eigenvalue weighted by molar-refractivity contribution is 0.00664. The molecule has 0 aromatic heterocycles. The normalized spacial score (nSPS) is 24.6. The summed E-state index contributed by atoms with van der Waals surface area (Å²) in [5.74, 6) is 0. The van der Waals surface area contributed by atoms with E-state index in [9.17, 15) is 0 Å². The van der Waals surface area contributed by atoms with Crippen molar-refractivity contribution < 1.29 is 4.74 Å². The number of morpholine rings is 1. The molecule has 2 heterocycles. The Bertz CT molecular complexity index is 715. The molecule has 0 unspecified atom stereocenters. The molecule has 0 N–H and O–H groups in total. The van der Waals surface area contributed by atoms with Gasteiger partial charge in [-0.2, -0.15) is 0 Å². The molecule has 26 heavy (non-hydrogen) atoms. The lowest BCUT2D eigenvalue weighted by atomic mass is 9.90. The number of nitrogens with zero attached hydrogens (tertiary/aromatic N) is 2. The first-order chi connectivity index (χ1) is 12.8. The highest BCUT2D eigenvalue weighted by Crippen LogP contribution is 2.36. The van der Waals surface area contributed by atoms with Crippen LogP contribution >= 0.6 is 12.2 Å². The van der Waals surface area contributed by atoms with E-state index in [2.05, 4.69) is 70.5 Å². The van der Waals surface area contributed by atoms with Gasteiger partial charge in [0.1, 0.15) is 0 Å². The molecule has 2 atom stereocenters. The lowest BCUT2D eigenvalue weighted by Crippen LogP contribution is -2.51. The van der Waals surface area contributed by atoms with Crippen LogP contribution in [0.1, 0.15) is 30.0 Å². The van der Waals surface area contributed by atoms with Crippen molar-refractivity contribution in [2.45, 2.75) is 31.5 Å². The van der Waals surface area contributed by atoms with Gasteiger partial charge in [-0.05, 0) is 17.5 Å². The maximum absolute atomic E-state index is 5.92. The van der Waals surface area contributed by atoms with Gasteiger partial charge in [-0.15, -0.1) is 0 Å². The topological polar surface area (TPSA) is 15.7 Å². The fourth-order valence-corrected chi connectivity index (χ4v) is 4.54. The maximum atomic E-state index is 5.92. The van der Waals surface area contributed by atoms with Gasteiger partial charge in [0.2, 0.25) is 0 Å². The van der Waals surface area contributed by atoms with Gasteiger partial charge >= 0.3 is 0 Å². The Hall–Kier alpha value is -1.75. The lowest BCUT2D eigenvalue weighted by Gasteiger charge is -2.46. The van der Waals surface area contributed by atoms with Gasteiger partial charge in [0.25, 0.3) is 0 Å². The fraction of sp³-hybridized carbons (Fsp3) is 0.409. The van der Waals surface area contributed by atoms with E-state index in [1.807, 2.05) is 0 Å². The number of hydrogen-bond acceptors (Lipinski definition) is 3. The Morgan fingerprint density at radius 2 is 1.58 bits per heavy atom. The van der Waals surface area contributed by atoms with E-state index in [0.29, 0.717) is 12.1 Å². The van der Waals surface area contributed by atoms with Crippen LogP contribution in [0.15, 0.2) is 60.7 Å². The number of hydrogen-bond donors (Lipinski definition) is 0.